The molecule has 82 valence electrons. The van der Waals surface area contributed by atoms with Crippen LogP contribution in [0.5, 0.6) is 5.75 Å². The van der Waals surface area contributed by atoms with E-state index in [2.05, 4.69) is 15.3 Å². The fraction of sp³-hybridized carbons (Fsp3) is 0.167. The van der Waals surface area contributed by atoms with Gasteiger partial charge in [0.2, 0.25) is 0 Å². The average molecular weight is 215 g/mol. The van der Waals surface area contributed by atoms with Crippen LogP contribution in [0.2, 0.25) is 0 Å². The molecule has 4 nitrogen and oxygen atoms in total. The van der Waals surface area contributed by atoms with Crippen LogP contribution < -0.4 is 10.1 Å². The second-order valence-electron chi connectivity index (χ2n) is 3.34. The molecule has 4 heteroatoms. The van der Waals surface area contributed by atoms with Gasteiger partial charge in [0.15, 0.2) is 0 Å². The number of ether oxygens (including phenoxy) is 1. The molecule has 0 saturated carbocycles. The molecule has 2 rings (SSSR count). The Hall–Kier alpha value is -2.10. The Morgan fingerprint density at radius 3 is 2.50 bits per heavy atom. The zero-order valence-corrected chi connectivity index (χ0v) is 9.27. The number of nitrogens with zero attached hydrogens (tertiary/aromatic N) is 2. The quantitative estimate of drug-likeness (QED) is 0.854. The zero-order chi connectivity index (χ0) is 11.4. The first-order chi connectivity index (χ1) is 7.78. The Morgan fingerprint density at radius 2 is 1.88 bits per heavy atom. The van der Waals surface area contributed by atoms with Gasteiger partial charge < -0.3 is 10.1 Å². The fourth-order valence-electron chi connectivity index (χ4n) is 1.35. The Balaban J connectivity index is 2.14. The van der Waals surface area contributed by atoms with Crippen LogP contribution in [0.3, 0.4) is 0 Å². The van der Waals surface area contributed by atoms with Crippen LogP contribution in [0.1, 0.15) is 5.82 Å². The van der Waals surface area contributed by atoms with E-state index >= 15 is 0 Å². The van der Waals surface area contributed by atoms with E-state index in [1.807, 2.05) is 37.3 Å². The molecule has 0 atom stereocenters. The van der Waals surface area contributed by atoms with Gasteiger partial charge in [-0.05, 0) is 37.3 Å². The maximum absolute atomic E-state index is 5.09. The van der Waals surface area contributed by atoms with Crippen LogP contribution in [0.25, 0.3) is 0 Å². The first kappa shape index (κ1) is 10.4. The van der Waals surface area contributed by atoms with Gasteiger partial charge in [0.05, 0.1) is 7.11 Å². The third-order valence-corrected chi connectivity index (χ3v) is 2.14. The van der Waals surface area contributed by atoms with Crippen molar-refractivity contribution in [2.24, 2.45) is 0 Å². The molecule has 0 fully saturated rings. The van der Waals surface area contributed by atoms with E-state index in [0.717, 1.165) is 23.1 Å². The molecule has 0 spiro atoms. The number of methoxy groups -OCH3 is 1. The minimum atomic E-state index is 0.749. The molecule has 0 bridgehead atoms. The highest BCUT2D eigenvalue weighted by Gasteiger charge is 1.97. The number of anilines is 2. The normalized spacial score (nSPS) is 9.88. The first-order valence-electron chi connectivity index (χ1n) is 4.98. The highest BCUT2D eigenvalue weighted by molar-refractivity contribution is 5.56. The van der Waals surface area contributed by atoms with Crippen molar-refractivity contribution in [2.45, 2.75) is 6.92 Å². The van der Waals surface area contributed by atoms with E-state index in [1.165, 1.54) is 0 Å². The van der Waals surface area contributed by atoms with Crippen molar-refractivity contribution in [2.75, 3.05) is 12.4 Å². The smallest absolute Gasteiger partial charge is 0.134 e. The Morgan fingerprint density at radius 1 is 1.12 bits per heavy atom. The molecule has 1 aromatic heterocycles. The van der Waals surface area contributed by atoms with Crippen LogP contribution in [0, 0.1) is 6.92 Å². The van der Waals surface area contributed by atoms with E-state index in [4.69, 9.17) is 4.74 Å². The lowest BCUT2D eigenvalue weighted by atomic mass is 10.3. The van der Waals surface area contributed by atoms with Gasteiger partial charge in [-0.1, -0.05) is 0 Å². The number of hydrogen-bond donors (Lipinski definition) is 1. The predicted octanol–water partition coefficient (Wildman–Crippen LogP) is 2.54. The van der Waals surface area contributed by atoms with Crippen LogP contribution in [-0.2, 0) is 0 Å². The van der Waals surface area contributed by atoms with Crippen molar-refractivity contribution in [3.8, 4) is 5.75 Å². The van der Waals surface area contributed by atoms with E-state index < -0.39 is 0 Å². The topological polar surface area (TPSA) is 47.0 Å². The lowest BCUT2D eigenvalue weighted by Crippen LogP contribution is -1.96. The molecule has 0 amide bonds. The second kappa shape index (κ2) is 4.61. The van der Waals surface area contributed by atoms with Gasteiger partial charge in [-0.25, -0.2) is 9.97 Å². The summed E-state index contributed by atoms with van der Waals surface area (Å²) in [7, 11) is 1.65. The van der Waals surface area contributed by atoms with Crippen LogP contribution in [0.4, 0.5) is 11.5 Å². The molecule has 0 aliphatic carbocycles. The largest absolute Gasteiger partial charge is 0.497 e. The molecule has 0 aliphatic rings. The molecule has 0 radical (unpaired) electrons. The van der Waals surface area contributed by atoms with Gasteiger partial charge in [0, 0.05) is 11.9 Å². The summed E-state index contributed by atoms with van der Waals surface area (Å²) in [5.74, 6) is 2.38. The SMILES string of the molecule is COc1ccc(Nc2ccnc(C)n2)cc1. The van der Waals surface area contributed by atoms with E-state index in [0.29, 0.717) is 0 Å². The van der Waals surface area contributed by atoms with E-state index in [9.17, 15) is 0 Å². The maximum Gasteiger partial charge on any atom is 0.134 e. The summed E-state index contributed by atoms with van der Waals surface area (Å²) >= 11 is 0. The number of hydrogen-bond acceptors (Lipinski definition) is 4. The third kappa shape index (κ3) is 2.48. The molecule has 16 heavy (non-hydrogen) atoms. The monoisotopic (exact) mass is 215 g/mol. The summed E-state index contributed by atoms with van der Waals surface area (Å²) < 4.78 is 5.09. The summed E-state index contributed by atoms with van der Waals surface area (Å²) in [6.45, 7) is 1.86. The standard InChI is InChI=1S/C12H13N3O/c1-9-13-8-7-12(14-9)15-10-3-5-11(16-2)6-4-10/h3-8H,1-2H3,(H,13,14,15). The van der Waals surface area contributed by atoms with Gasteiger partial charge in [-0.3, -0.25) is 0 Å². The first-order valence-corrected chi connectivity index (χ1v) is 4.98. The molecule has 1 aromatic carbocycles. The van der Waals surface area contributed by atoms with Gasteiger partial charge in [-0.2, -0.15) is 0 Å². The number of aryl methyl sites for hydroxylation is 1. The highest BCUT2D eigenvalue weighted by Crippen LogP contribution is 2.18. The summed E-state index contributed by atoms with van der Waals surface area (Å²) in [4.78, 5) is 8.30. The van der Waals surface area contributed by atoms with Crippen LogP contribution in [0.15, 0.2) is 36.5 Å². The van der Waals surface area contributed by atoms with E-state index in [1.54, 1.807) is 13.3 Å². The minimum absolute atomic E-state index is 0.749. The van der Waals surface area contributed by atoms with Crippen molar-refractivity contribution < 1.29 is 4.74 Å². The molecule has 1 N–H and O–H groups in total. The summed E-state index contributed by atoms with van der Waals surface area (Å²) in [6, 6.07) is 9.51. The number of nitrogens with one attached hydrogen (secondary N) is 1. The summed E-state index contributed by atoms with van der Waals surface area (Å²) in [5, 5.41) is 3.19. The fourth-order valence-corrected chi connectivity index (χ4v) is 1.35. The Bertz CT molecular complexity index is 468. The van der Waals surface area contributed by atoms with Gasteiger partial charge in [0.25, 0.3) is 0 Å². The molecule has 1 heterocycles. The number of rotatable bonds is 3. The highest BCUT2D eigenvalue weighted by atomic mass is 16.5. The molecule has 0 unspecified atom stereocenters. The van der Waals surface area contributed by atoms with Crippen molar-refractivity contribution >= 4 is 11.5 Å². The average Bonchev–Trinajstić information content (AvgIpc) is 2.30. The minimum Gasteiger partial charge on any atom is -0.497 e. The summed E-state index contributed by atoms with van der Waals surface area (Å²) in [6.07, 6.45) is 1.73. The van der Waals surface area contributed by atoms with Gasteiger partial charge in [-0.15, -0.1) is 0 Å². The lowest BCUT2D eigenvalue weighted by molar-refractivity contribution is 0.415. The number of benzene rings is 1. The lowest BCUT2D eigenvalue weighted by Gasteiger charge is -2.06. The maximum atomic E-state index is 5.09. The predicted molar refractivity (Wildman–Crippen MR) is 63.0 cm³/mol. The molecular weight excluding hydrogens is 202 g/mol. The summed E-state index contributed by atoms with van der Waals surface area (Å²) in [5.41, 5.74) is 0.971. The second-order valence-corrected chi connectivity index (χ2v) is 3.34. The zero-order valence-electron chi connectivity index (χ0n) is 9.27. The molecule has 0 saturated heterocycles. The Labute approximate surface area is 94.3 Å². The van der Waals surface area contributed by atoms with Crippen LogP contribution >= 0.6 is 0 Å². The number of aromatic nitrogens is 2. The third-order valence-electron chi connectivity index (χ3n) is 2.14. The van der Waals surface area contributed by atoms with Crippen molar-refractivity contribution in [3.63, 3.8) is 0 Å². The van der Waals surface area contributed by atoms with Crippen molar-refractivity contribution in [3.05, 3.63) is 42.4 Å². The molecule has 0 aliphatic heterocycles. The van der Waals surface area contributed by atoms with Gasteiger partial charge >= 0.3 is 0 Å². The molecule has 2 aromatic rings. The van der Waals surface area contributed by atoms with Crippen LogP contribution in [-0.4, -0.2) is 17.1 Å². The van der Waals surface area contributed by atoms with E-state index in [-0.39, 0.29) is 0 Å². The van der Waals surface area contributed by atoms with Crippen molar-refractivity contribution in [1.29, 1.82) is 0 Å². The van der Waals surface area contributed by atoms with Gasteiger partial charge in [0.1, 0.15) is 17.4 Å². The Kier molecular flexibility index (Phi) is 3.00. The van der Waals surface area contributed by atoms with Crippen molar-refractivity contribution in [1.82, 2.24) is 9.97 Å². The molecular formula is C12H13N3O.